The van der Waals surface area contributed by atoms with Gasteiger partial charge in [0.15, 0.2) is 0 Å². The van der Waals surface area contributed by atoms with E-state index in [4.69, 9.17) is 9.47 Å². The van der Waals surface area contributed by atoms with Crippen LogP contribution >= 0.6 is 0 Å². The minimum atomic E-state index is -0.233. The highest BCUT2D eigenvalue weighted by molar-refractivity contribution is 6.04. The first-order chi connectivity index (χ1) is 12.8. The number of nitrogens with one attached hydrogen (secondary N) is 1. The van der Waals surface area contributed by atoms with Crippen LogP contribution in [0.25, 0.3) is 10.9 Å². The number of rotatable bonds is 5. The summed E-state index contributed by atoms with van der Waals surface area (Å²) in [5.74, 6) is 0.533. The Morgan fingerprint density at radius 3 is 2.77 bits per heavy atom. The van der Waals surface area contributed by atoms with Gasteiger partial charge in [0.05, 0.1) is 11.6 Å². The molecule has 2 aromatic carbocycles. The van der Waals surface area contributed by atoms with Gasteiger partial charge in [-0.3, -0.25) is 4.79 Å². The van der Waals surface area contributed by atoms with E-state index in [0.29, 0.717) is 18.0 Å². The zero-order valence-corrected chi connectivity index (χ0v) is 14.4. The zero-order chi connectivity index (χ0) is 17.8. The minimum absolute atomic E-state index is 0.188. The van der Waals surface area contributed by atoms with Crippen molar-refractivity contribution in [1.29, 1.82) is 0 Å². The summed E-state index contributed by atoms with van der Waals surface area (Å²) in [5.41, 5.74) is 1.90. The maximum absolute atomic E-state index is 12.4. The number of pyridine rings is 1. The smallest absolute Gasteiger partial charge is 0.274 e. The number of carbonyl (C=O) groups is 1. The average molecular weight is 348 g/mol. The van der Waals surface area contributed by atoms with Crippen LogP contribution in [-0.4, -0.2) is 30.2 Å². The third-order valence-electron chi connectivity index (χ3n) is 4.40. The Kier molecular flexibility index (Phi) is 4.80. The molecule has 1 atom stereocenters. The van der Waals surface area contributed by atoms with Crippen molar-refractivity contribution in [2.75, 3.05) is 18.5 Å². The van der Waals surface area contributed by atoms with E-state index in [1.807, 2.05) is 54.6 Å². The predicted molar refractivity (Wildman–Crippen MR) is 101 cm³/mol. The fourth-order valence-electron chi connectivity index (χ4n) is 2.99. The fraction of sp³-hybridized carbons (Fsp3) is 0.238. The zero-order valence-electron chi connectivity index (χ0n) is 14.4. The van der Waals surface area contributed by atoms with Crippen LogP contribution in [0.1, 0.15) is 23.3 Å². The van der Waals surface area contributed by atoms with Crippen LogP contribution in [0.15, 0.2) is 60.7 Å². The molecule has 1 aromatic heterocycles. The third kappa shape index (κ3) is 3.83. The van der Waals surface area contributed by atoms with Crippen molar-refractivity contribution in [1.82, 2.24) is 4.98 Å². The van der Waals surface area contributed by atoms with Crippen LogP contribution in [0.3, 0.4) is 0 Å². The van der Waals surface area contributed by atoms with E-state index in [-0.39, 0.29) is 12.0 Å². The number of benzene rings is 2. The molecule has 26 heavy (non-hydrogen) atoms. The number of anilines is 1. The molecule has 1 aliphatic heterocycles. The SMILES string of the molecule is O=C(Nc1ccc(OCC2CCCO2)cc1)c1ccc2ccccc2n1. The van der Waals surface area contributed by atoms with E-state index in [9.17, 15) is 4.79 Å². The number of aromatic nitrogens is 1. The molecule has 1 aliphatic rings. The van der Waals surface area contributed by atoms with Gasteiger partial charge in [-0.05, 0) is 49.2 Å². The molecule has 5 nitrogen and oxygen atoms in total. The summed E-state index contributed by atoms with van der Waals surface area (Å²) in [5, 5.41) is 3.88. The standard InChI is InChI=1S/C21H20N2O3/c24-21(20-12-7-15-4-1-2-6-19(15)23-20)22-16-8-10-17(11-9-16)26-14-18-5-3-13-25-18/h1-2,4,6-12,18H,3,5,13-14H2,(H,22,24). The summed E-state index contributed by atoms with van der Waals surface area (Å²) in [4.78, 5) is 16.8. The molecule has 0 bridgehead atoms. The lowest BCUT2D eigenvalue weighted by Crippen LogP contribution is -2.16. The normalized spacial score (nSPS) is 16.5. The van der Waals surface area contributed by atoms with Crippen LogP contribution in [0.5, 0.6) is 5.75 Å². The van der Waals surface area contributed by atoms with Crippen molar-refractivity contribution in [3.05, 3.63) is 66.4 Å². The molecule has 1 N–H and O–H groups in total. The molecule has 1 unspecified atom stereocenters. The van der Waals surface area contributed by atoms with E-state index in [1.165, 1.54) is 0 Å². The number of hydrogen-bond donors (Lipinski definition) is 1. The lowest BCUT2D eigenvalue weighted by molar-refractivity contribution is 0.0679. The summed E-state index contributed by atoms with van der Waals surface area (Å²) >= 11 is 0. The lowest BCUT2D eigenvalue weighted by Gasteiger charge is -2.12. The summed E-state index contributed by atoms with van der Waals surface area (Å²) in [7, 11) is 0. The Bertz CT molecular complexity index is 903. The van der Waals surface area contributed by atoms with E-state index >= 15 is 0 Å². The monoisotopic (exact) mass is 348 g/mol. The van der Waals surface area contributed by atoms with Crippen molar-refractivity contribution < 1.29 is 14.3 Å². The highest BCUT2D eigenvalue weighted by Gasteiger charge is 2.16. The first-order valence-corrected chi connectivity index (χ1v) is 8.79. The molecule has 1 amide bonds. The number of para-hydroxylation sites is 1. The molecule has 1 fully saturated rings. The molecular weight excluding hydrogens is 328 g/mol. The maximum Gasteiger partial charge on any atom is 0.274 e. The van der Waals surface area contributed by atoms with Crippen LogP contribution in [-0.2, 0) is 4.74 Å². The van der Waals surface area contributed by atoms with Gasteiger partial charge in [0.1, 0.15) is 18.1 Å². The largest absolute Gasteiger partial charge is 0.491 e. The molecule has 132 valence electrons. The summed E-state index contributed by atoms with van der Waals surface area (Å²) in [6.45, 7) is 1.38. The van der Waals surface area contributed by atoms with Crippen LogP contribution in [0.2, 0.25) is 0 Å². The second-order valence-corrected chi connectivity index (χ2v) is 6.31. The van der Waals surface area contributed by atoms with Gasteiger partial charge in [-0.25, -0.2) is 4.98 Å². The number of ether oxygens (including phenoxy) is 2. The van der Waals surface area contributed by atoms with Gasteiger partial charge in [-0.2, -0.15) is 0 Å². The number of hydrogen-bond acceptors (Lipinski definition) is 4. The topological polar surface area (TPSA) is 60.5 Å². The van der Waals surface area contributed by atoms with Crippen molar-refractivity contribution in [2.45, 2.75) is 18.9 Å². The Labute approximate surface area is 152 Å². The molecule has 0 radical (unpaired) electrons. The lowest BCUT2D eigenvalue weighted by atomic mass is 10.2. The summed E-state index contributed by atoms with van der Waals surface area (Å²) in [6.07, 6.45) is 2.34. The molecule has 0 saturated carbocycles. The van der Waals surface area contributed by atoms with Crippen LogP contribution in [0.4, 0.5) is 5.69 Å². The Hall–Kier alpha value is -2.92. The quantitative estimate of drug-likeness (QED) is 0.756. The molecule has 4 rings (SSSR count). The van der Waals surface area contributed by atoms with Crippen molar-refractivity contribution >= 4 is 22.5 Å². The average Bonchev–Trinajstić information content (AvgIpc) is 3.21. The molecule has 2 heterocycles. The maximum atomic E-state index is 12.4. The second kappa shape index (κ2) is 7.54. The minimum Gasteiger partial charge on any atom is -0.491 e. The van der Waals surface area contributed by atoms with Gasteiger partial charge in [0, 0.05) is 17.7 Å². The number of fused-ring (bicyclic) bond motifs is 1. The van der Waals surface area contributed by atoms with E-state index < -0.39 is 0 Å². The van der Waals surface area contributed by atoms with Gasteiger partial charge >= 0.3 is 0 Å². The van der Waals surface area contributed by atoms with Gasteiger partial charge in [0.2, 0.25) is 0 Å². The molecular formula is C21H20N2O3. The highest BCUT2D eigenvalue weighted by atomic mass is 16.5. The van der Waals surface area contributed by atoms with Gasteiger partial charge < -0.3 is 14.8 Å². The number of nitrogens with zero attached hydrogens (tertiary/aromatic N) is 1. The van der Waals surface area contributed by atoms with E-state index in [0.717, 1.165) is 36.1 Å². The Morgan fingerprint density at radius 1 is 1.12 bits per heavy atom. The first kappa shape index (κ1) is 16.5. The van der Waals surface area contributed by atoms with Crippen molar-refractivity contribution in [3.63, 3.8) is 0 Å². The Morgan fingerprint density at radius 2 is 1.96 bits per heavy atom. The van der Waals surface area contributed by atoms with Crippen molar-refractivity contribution in [3.8, 4) is 5.75 Å². The third-order valence-corrected chi connectivity index (χ3v) is 4.40. The first-order valence-electron chi connectivity index (χ1n) is 8.79. The number of carbonyl (C=O) groups excluding carboxylic acids is 1. The molecule has 1 saturated heterocycles. The van der Waals surface area contributed by atoms with E-state index in [2.05, 4.69) is 10.3 Å². The van der Waals surface area contributed by atoms with Crippen molar-refractivity contribution in [2.24, 2.45) is 0 Å². The van der Waals surface area contributed by atoms with Crippen LogP contribution < -0.4 is 10.1 Å². The van der Waals surface area contributed by atoms with Crippen LogP contribution in [0, 0.1) is 0 Å². The molecule has 0 spiro atoms. The molecule has 3 aromatic rings. The fourth-order valence-corrected chi connectivity index (χ4v) is 2.99. The number of amides is 1. The highest BCUT2D eigenvalue weighted by Crippen LogP contribution is 2.19. The van der Waals surface area contributed by atoms with Gasteiger partial charge in [0.25, 0.3) is 5.91 Å². The van der Waals surface area contributed by atoms with Gasteiger partial charge in [-0.15, -0.1) is 0 Å². The Balaban J connectivity index is 1.38. The van der Waals surface area contributed by atoms with Gasteiger partial charge in [-0.1, -0.05) is 24.3 Å². The van der Waals surface area contributed by atoms with E-state index in [1.54, 1.807) is 6.07 Å². The molecule has 0 aliphatic carbocycles. The predicted octanol–water partition coefficient (Wildman–Crippen LogP) is 4.04. The summed E-state index contributed by atoms with van der Waals surface area (Å²) in [6, 6.07) is 18.7. The summed E-state index contributed by atoms with van der Waals surface area (Å²) < 4.78 is 11.3. The molecule has 5 heteroatoms. The second-order valence-electron chi connectivity index (χ2n) is 6.31.